The minimum atomic E-state index is -2.23. The van der Waals surface area contributed by atoms with Crippen LogP contribution in [0.4, 0.5) is 17.6 Å². The third kappa shape index (κ3) is 5.65. The molecule has 144 valence electrons. The lowest BCUT2D eigenvalue weighted by Gasteiger charge is -2.19. The molecular formula is C20H20F4N2O. The highest BCUT2D eigenvalue weighted by Gasteiger charge is 2.26. The number of alkyl halides is 2. The fourth-order valence-electron chi connectivity index (χ4n) is 2.72. The van der Waals surface area contributed by atoms with Crippen LogP contribution >= 0.6 is 0 Å². The number of hydrogen-bond acceptors (Lipinski definition) is 2. The first-order valence-electron chi connectivity index (χ1n) is 8.36. The van der Waals surface area contributed by atoms with E-state index in [2.05, 4.69) is 0 Å². The summed E-state index contributed by atoms with van der Waals surface area (Å²) in [5.41, 5.74) is 6.52. The van der Waals surface area contributed by atoms with Gasteiger partial charge in [-0.3, -0.25) is 4.79 Å². The third-order valence-electron chi connectivity index (χ3n) is 4.01. The van der Waals surface area contributed by atoms with Gasteiger partial charge in [-0.25, -0.2) is 17.6 Å². The van der Waals surface area contributed by atoms with Gasteiger partial charge >= 0.3 is 0 Å². The highest BCUT2D eigenvalue weighted by Crippen LogP contribution is 2.34. The topological polar surface area (TPSA) is 46.3 Å². The van der Waals surface area contributed by atoms with Crippen LogP contribution in [-0.2, 0) is 4.79 Å². The number of carbonyl (C=O) groups is 1. The summed E-state index contributed by atoms with van der Waals surface area (Å²) in [7, 11) is 0. The normalized spacial score (nSPS) is 16.0. The van der Waals surface area contributed by atoms with Crippen molar-refractivity contribution in [1.29, 1.82) is 0 Å². The van der Waals surface area contributed by atoms with Crippen LogP contribution in [0.15, 0.2) is 54.6 Å². The maximum absolute atomic E-state index is 13.9. The van der Waals surface area contributed by atoms with Crippen molar-refractivity contribution in [3.8, 4) is 0 Å². The van der Waals surface area contributed by atoms with Crippen molar-refractivity contribution < 1.29 is 22.4 Å². The fourth-order valence-corrected chi connectivity index (χ4v) is 2.72. The molecule has 1 amide bonds. The predicted octanol–water partition coefficient (Wildman–Crippen LogP) is 4.16. The van der Waals surface area contributed by atoms with E-state index in [0.29, 0.717) is 5.57 Å². The van der Waals surface area contributed by atoms with E-state index in [1.54, 1.807) is 4.90 Å². The minimum Gasteiger partial charge on any atom is -0.330 e. The summed E-state index contributed by atoms with van der Waals surface area (Å²) in [6.45, 7) is 0.348. The molecule has 0 aliphatic carbocycles. The molecule has 2 aromatic carbocycles. The lowest BCUT2D eigenvalue weighted by molar-refractivity contribution is -0.118. The van der Waals surface area contributed by atoms with E-state index >= 15 is 0 Å². The third-order valence-corrected chi connectivity index (χ3v) is 4.01. The van der Waals surface area contributed by atoms with Gasteiger partial charge in [0.05, 0.1) is 6.04 Å². The molecule has 1 unspecified atom stereocenters. The lowest BCUT2D eigenvalue weighted by atomic mass is 10.0. The maximum atomic E-state index is 13.9. The van der Waals surface area contributed by atoms with Crippen molar-refractivity contribution in [2.45, 2.75) is 18.9 Å². The minimum absolute atomic E-state index is 0.0810. The number of rotatable bonds is 5. The van der Waals surface area contributed by atoms with Crippen LogP contribution in [0.1, 0.15) is 23.6 Å². The first-order valence-corrected chi connectivity index (χ1v) is 8.36. The molecule has 1 aliphatic heterocycles. The Morgan fingerprint density at radius 2 is 1.85 bits per heavy atom. The predicted molar refractivity (Wildman–Crippen MR) is 96.0 cm³/mol. The Morgan fingerprint density at radius 1 is 1.15 bits per heavy atom. The van der Waals surface area contributed by atoms with Crippen LogP contribution in [0, 0.1) is 11.6 Å². The van der Waals surface area contributed by atoms with E-state index in [1.807, 2.05) is 36.4 Å². The molecule has 27 heavy (non-hydrogen) atoms. The van der Waals surface area contributed by atoms with Gasteiger partial charge in [0, 0.05) is 18.5 Å². The van der Waals surface area contributed by atoms with Gasteiger partial charge in [-0.15, -0.1) is 0 Å². The van der Waals surface area contributed by atoms with E-state index in [1.165, 1.54) is 0 Å². The van der Waals surface area contributed by atoms with Crippen LogP contribution in [0.5, 0.6) is 0 Å². The van der Waals surface area contributed by atoms with Crippen molar-refractivity contribution in [2.24, 2.45) is 5.73 Å². The monoisotopic (exact) mass is 380 g/mol. The van der Waals surface area contributed by atoms with Gasteiger partial charge in [0.2, 0.25) is 12.8 Å². The van der Waals surface area contributed by atoms with Crippen molar-refractivity contribution in [1.82, 2.24) is 4.90 Å². The maximum Gasteiger partial charge on any atom is 0.239 e. The summed E-state index contributed by atoms with van der Waals surface area (Å²) in [4.78, 5) is 12.8. The summed E-state index contributed by atoms with van der Waals surface area (Å²) >= 11 is 0. The van der Waals surface area contributed by atoms with E-state index in [9.17, 15) is 22.4 Å². The largest absolute Gasteiger partial charge is 0.330 e. The van der Waals surface area contributed by atoms with Gasteiger partial charge in [-0.2, -0.15) is 0 Å². The van der Waals surface area contributed by atoms with Crippen LogP contribution in [-0.4, -0.2) is 30.8 Å². The molecular weight excluding hydrogens is 360 g/mol. The number of nitrogens with two attached hydrogens (primary N) is 1. The molecule has 1 heterocycles. The van der Waals surface area contributed by atoms with E-state index in [-0.39, 0.29) is 31.1 Å². The zero-order chi connectivity index (χ0) is 19.8. The molecule has 1 aliphatic rings. The van der Waals surface area contributed by atoms with Crippen LogP contribution < -0.4 is 5.73 Å². The molecule has 0 spiro atoms. The van der Waals surface area contributed by atoms with Crippen molar-refractivity contribution in [3.05, 3.63) is 77.4 Å². The molecule has 2 aromatic rings. The van der Waals surface area contributed by atoms with Gasteiger partial charge in [-0.1, -0.05) is 36.4 Å². The lowest BCUT2D eigenvalue weighted by Crippen LogP contribution is -2.22. The Kier molecular flexibility index (Phi) is 7.55. The number of halogens is 4. The van der Waals surface area contributed by atoms with E-state index in [0.717, 1.165) is 30.2 Å². The van der Waals surface area contributed by atoms with Crippen LogP contribution in [0.25, 0.3) is 5.57 Å². The molecule has 0 saturated heterocycles. The van der Waals surface area contributed by atoms with Gasteiger partial charge in [0.1, 0.15) is 11.6 Å². The average molecular weight is 380 g/mol. The molecule has 7 heteroatoms. The second-order valence-electron chi connectivity index (χ2n) is 5.92. The van der Waals surface area contributed by atoms with E-state index < -0.39 is 18.1 Å². The number of nitrogens with zero attached hydrogens (tertiary/aromatic N) is 1. The number of benzene rings is 2. The Balaban J connectivity index is 0.000000380. The summed E-state index contributed by atoms with van der Waals surface area (Å²) < 4.78 is 49.1. The Morgan fingerprint density at radius 3 is 2.41 bits per heavy atom. The van der Waals surface area contributed by atoms with E-state index in [4.69, 9.17) is 5.73 Å². The second-order valence-corrected chi connectivity index (χ2v) is 5.92. The van der Waals surface area contributed by atoms with Gasteiger partial charge < -0.3 is 10.6 Å². The smallest absolute Gasteiger partial charge is 0.239 e. The SMILES string of the molecule is NCCC(F)F.O=CN1CC(c2cc(F)ccc2F)=CC1c1ccccc1. The number of amides is 1. The molecule has 0 saturated carbocycles. The summed E-state index contributed by atoms with van der Waals surface area (Å²) in [5.74, 6) is -0.977. The van der Waals surface area contributed by atoms with Gasteiger partial charge in [0.15, 0.2) is 0 Å². The first-order chi connectivity index (χ1) is 13.0. The zero-order valence-corrected chi connectivity index (χ0v) is 14.5. The van der Waals surface area contributed by atoms with Gasteiger partial charge in [0.25, 0.3) is 0 Å². The molecule has 1 atom stereocenters. The summed E-state index contributed by atoms with van der Waals surface area (Å²) in [6, 6.07) is 12.6. The zero-order valence-electron chi connectivity index (χ0n) is 14.5. The first kappa shape index (κ1) is 20.6. The molecule has 0 aromatic heterocycles. The fraction of sp³-hybridized carbons (Fsp3) is 0.250. The Labute approximate surface area is 155 Å². The molecule has 0 fully saturated rings. The standard InChI is InChI=1S/C17H13F2NO.C3H7F2N/c18-14-6-7-16(19)15(9-14)13-8-17(20(10-13)11-21)12-4-2-1-3-5-12;4-3(5)1-2-6/h1-9,11,17H,10H2;3H,1-2,6H2. The highest BCUT2D eigenvalue weighted by atomic mass is 19.3. The molecule has 2 N–H and O–H groups in total. The number of carbonyl (C=O) groups excluding carboxylic acids is 1. The van der Waals surface area contributed by atoms with Crippen LogP contribution in [0.2, 0.25) is 0 Å². The average Bonchev–Trinajstić information content (AvgIpc) is 3.09. The Bertz CT molecular complexity index is 781. The van der Waals surface area contributed by atoms with Crippen molar-refractivity contribution >= 4 is 12.0 Å². The van der Waals surface area contributed by atoms with Crippen molar-refractivity contribution in [3.63, 3.8) is 0 Å². The van der Waals surface area contributed by atoms with Crippen LogP contribution in [0.3, 0.4) is 0 Å². The molecule has 0 radical (unpaired) electrons. The van der Waals surface area contributed by atoms with Gasteiger partial charge in [-0.05, 0) is 35.9 Å². The van der Waals surface area contributed by atoms with Crippen molar-refractivity contribution in [2.75, 3.05) is 13.1 Å². The highest BCUT2D eigenvalue weighted by molar-refractivity contribution is 5.74. The molecule has 3 nitrogen and oxygen atoms in total. The molecule has 3 rings (SSSR count). The number of hydrogen-bond donors (Lipinski definition) is 1. The second kappa shape index (κ2) is 9.87. The summed E-state index contributed by atoms with van der Waals surface area (Å²) in [6.07, 6.45) is 0.134. The quantitative estimate of drug-likeness (QED) is 0.625. The molecule has 0 bridgehead atoms. The summed E-state index contributed by atoms with van der Waals surface area (Å²) in [5, 5.41) is 0. The Hall–Kier alpha value is -2.67.